The van der Waals surface area contributed by atoms with Crippen LogP contribution in [0.3, 0.4) is 0 Å². The number of amides is 1. The molecular weight excluding hydrogens is 342 g/mol. The Morgan fingerprint density at radius 2 is 1.78 bits per heavy atom. The number of nitrogens with zero attached hydrogens (tertiary/aromatic N) is 1. The van der Waals surface area contributed by atoms with E-state index in [9.17, 15) is 9.59 Å². The summed E-state index contributed by atoms with van der Waals surface area (Å²) in [5.41, 5.74) is 1.53. The number of ether oxygens (including phenoxy) is 1. The van der Waals surface area contributed by atoms with E-state index in [4.69, 9.17) is 4.74 Å². The first-order valence-corrected chi connectivity index (χ1v) is 8.31. The third-order valence-corrected chi connectivity index (χ3v) is 3.98. The Bertz CT molecular complexity index is 1140. The van der Waals surface area contributed by atoms with E-state index >= 15 is 0 Å². The maximum atomic E-state index is 12.2. The molecule has 4 aromatic rings. The number of aromatic amines is 1. The predicted molar refractivity (Wildman–Crippen MR) is 103 cm³/mol. The average molecular weight is 357 g/mol. The maximum absolute atomic E-state index is 12.2. The van der Waals surface area contributed by atoms with Crippen molar-refractivity contribution in [1.82, 2.24) is 9.97 Å². The van der Waals surface area contributed by atoms with Crippen LogP contribution in [0.25, 0.3) is 10.9 Å². The molecule has 6 nitrogen and oxygen atoms in total. The number of carbonyl (C=O) groups excluding carboxylic acids is 1. The molecule has 6 heteroatoms. The number of anilines is 1. The number of pyridine rings is 2. The van der Waals surface area contributed by atoms with Crippen LogP contribution in [0.15, 0.2) is 83.9 Å². The second-order valence-electron chi connectivity index (χ2n) is 5.85. The summed E-state index contributed by atoms with van der Waals surface area (Å²) >= 11 is 0. The predicted octanol–water partition coefficient (Wildman–Crippen LogP) is 3.97. The van der Waals surface area contributed by atoms with Gasteiger partial charge < -0.3 is 15.0 Å². The lowest BCUT2D eigenvalue weighted by atomic mass is 10.2. The van der Waals surface area contributed by atoms with Gasteiger partial charge >= 0.3 is 0 Å². The minimum absolute atomic E-state index is 0.254. The number of H-pyrrole nitrogens is 1. The third kappa shape index (κ3) is 3.69. The molecule has 2 heterocycles. The average Bonchev–Trinajstić information content (AvgIpc) is 2.70. The maximum Gasteiger partial charge on any atom is 0.257 e. The van der Waals surface area contributed by atoms with Gasteiger partial charge in [0.2, 0.25) is 5.56 Å². The Kier molecular flexibility index (Phi) is 4.37. The summed E-state index contributed by atoms with van der Waals surface area (Å²) in [6.07, 6.45) is 3.10. The first-order valence-electron chi connectivity index (χ1n) is 8.31. The normalized spacial score (nSPS) is 10.5. The van der Waals surface area contributed by atoms with Crippen molar-refractivity contribution in [2.75, 3.05) is 5.32 Å². The molecule has 2 aromatic heterocycles. The number of aromatic nitrogens is 2. The van der Waals surface area contributed by atoms with Crippen LogP contribution in [0.4, 0.5) is 5.69 Å². The van der Waals surface area contributed by atoms with Crippen molar-refractivity contribution in [1.29, 1.82) is 0 Å². The van der Waals surface area contributed by atoms with Gasteiger partial charge in [0.05, 0.1) is 5.56 Å². The first kappa shape index (κ1) is 16.5. The van der Waals surface area contributed by atoms with Gasteiger partial charge in [0.15, 0.2) is 5.75 Å². The van der Waals surface area contributed by atoms with E-state index in [0.717, 1.165) is 10.9 Å². The minimum Gasteiger partial charge on any atom is -0.455 e. The molecule has 0 fully saturated rings. The van der Waals surface area contributed by atoms with E-state index in [1.165, 1.54) is 18.3 Å². The van der Waals surface area contributed by atoms with Crippen LogP contribution in [0.5, 0.6) is 11.5 Å². The molecule has 0 radical (unpaired) electrons. The zero-order valence-corrected chi connectivity index (χ0v) is 14.2. The fourth-order valence-corrected chi connectivity index (χ4v) is 2.65. The van der Waals surface area contributed by atoms with Crippen LogP contribution in [0.2, 0.25) is 0 Å². The van der Waals surface area contributed by atoms with Crippen LogP contribution in [0.1, 0.15) is 10.4 Å². The van der Waals surface area contributed by atoms with E-state index < -0.39 is 0 Å². The Morgan fingerprint density at radius 3 is 2.56 bits per heavy atom. The van der Waals surface area contributed by atoms with Crippen molar-refractivity contribution in [3.8, 4) is 11.5 Å². The molecule has 1 amide bonds. The van der Waals surface area contributed by atoms with Crippen LogP contribution in [-0.4, -0.2) is 15.9 Å². The first-order chi connectivity index (χ1) is 13.2. The fraction of sp³-hybridized carbons (Fsp3) is 0. The van der Waals surface area contributed by atoms with Crippen molar-refractivity contribution in [2.24, 2.45) is 0 Å². The summed E-state index contributed by atoms with van der Waals surface area (Å²) in [5, 5.41) is 3.77. The molecule has 0 bridgehead atoms. The molecule has 0 saturated carbocycles. The summed E-state index contributed by atoms with van der Waals surface area (Å²) in [4.78, 5) is 30.1. The van der Waals surface area contributed by atoms with Crippen LogP contribution >= 0.6 is 0 Å². The molecule has 0 aliphatic heterocycles. The molecule has 27 heavy (non-hydrogen) atoms. The fourth-order valence-electron chi connectivity index (χ4n) is 2.65. The highest BCUT2D eigenvalue weighted by molar-refractivity contribution is 6.04. The molecule has 0 aliphatic carbocycles. The summed E-state index contributed by atoms with van der Waals surface area (Å²) in [6, 6.07) is 19.4. The molecule has 0 spiro atoms. The largest absolute Gasteiger partial charge is 0.455 e. The molecule has 4 rings (SSSR count). The lowest BCUT2D eigenvalue weighted by Gasteiger charge is -2.09. The molecule has 0 aliphatic rings. The minimum atomic E-state index is -0.307. The van der Waals surface area contributed by atoms with Crippen LogP contribution in [-0.2, 0) is 0 Å². The Morgan fingerprint density at radius 1 is 0.963 bits per heavy atom. The van der Waals surface area contributed by atoms with Gasteiger partial charge in [-0.1, -0.05) is 18.2 Å². The van der Waals surface area contributed by atoms with Crippen molar-refractivity contribution in [3.63, 3.8) is 0 Å². The zero-order valence-electron chi connectivity index (χ0n) is 14.2. The molecule has 0 atom stereocenters. The zero-order chi connectivity index (χ0) is 18.6. The highest BCUT2D eigenvalue weighted by Gasteiger charge is 2.07. The van der Waals surface area contributed by atoms with E-state index in [2.05, 4.69) is 15.3 Å². The van der Waals surface area contributed by atoms with Gasteiger partial charge in [0, 0.05) is 29.5 Å². The number of hydrogen-bond acceptors (Lipinski definition) is 4. The van der Waals surface area contributed by atoms with Crippen molar-refractivity contribution in [3.05, 3.63) is 95.0 Å². The number of para-hydroxylation sites is 1. The van der Waals surface area contributed by atoms with Crippen molar-refractivity contribution >= 4 is 22.5 Å². The molecule has 0 unspecified atom stereocenters. The topological polar surface area (TPSA) is 84.1 Å². The van der Waals surface area contributed by atoms with Gasteiger partial charge in [-0.2, -0.15) is 0 Å². The number of carbonyl (C=O) groups is 1. The van der Waals surface area contributed by atoms with E-state index in [0.29, 0.717) is 22.7 Å². The Labute approximate surface area is 154 Å². The van der Waals surface area contributed by atoms with Crippen molar-refractivity contribution < 1.29 is 9.53 Å². The van der Waals surface area contributed by atoms with Gasteiger partial charge in [-0.3, -0.25) is 14.6 Å². The van der Waals surface area contributed by atoms with Gasteiger partial charge in [0.1, 0.15) is 11.3 Å². The second-order valence-corrected chi connectivity index (χ2v) is 5.85. The smallest absolute Gasteiger partial charge is 0.257 e. The number of benzene rings is 2. The summed E-state index contributed by atoms with van der Waals surface area (Å²) in [7, 11) is 0. The summed E-state index contributed by atoms with van der Waals surface area (Å²) in [6.45, 7) is 0. The van der Waals surface area contributed by atoms with Crippen LogP contribution < -0.4 is 15.6 Å². The molecule has 2 aromatic carbocycles. The van der Waals surface area contributed by atoms with Gasteiger partial charge in [-0.25, -0.2) is 0 Å². The lowest BCUT2D eigenvalue weighted by molar-refractivity contribution is 0.102. The number of hydrogen-bond donors (Lipinski definition) is 2. The number of nitrogens with one attached hydrogen (secondary N) is 2. The quantitative estimate of drug-likeness (QED) is 0.579. The SMILES string of the molecule is O=C(Nc1ccc(Oc2cccc3cccnc23)cc1)c1ccc(=O)[nH]c1. The van der Waals surface area contributed by atoms with E-state index in [1.807, 2.05) is 30.3 Å². The summed E-state index contributed by atoms with van der Waals surface area (Å²) < 4.78 is 5.93. The highest BCUT2D eigenvalue weighted by atomic mass is 16.5. The standard InChI is InChI=1S/C21H15N3O3/c25-19-11-6-15(13-23-19)21(26)24-16-7-9-17(10-8-16)27-18-5-1-3-14-4-2-12-22-20(14)18/h1-13H,(H,23,25)(H,24,26). The Balaban J connectivity index is 1.49. The molecule has 132 valence electrons. The molecular formula is C21H15N3O3. The highest BCUT2D eigenvalue weighted by Crippen LogP contribution is 2.28. The molecule has 2 N–H and O–H groups in total. The Hall–Kier alpha value is -3.93. The molecule has 0 saturated heterocycles. The van der Waals surface area contributed by atoms with Crippen LogP contribution in [0, 0.1) is 0 Å². The van der Waals surface area contributed by atoms with E-state index in [-0.39, 0.29) is 11.5 Å². The van der Waals surface area contributed by atoms with Crippen molar-refractivity contribution in [2.45, 2.75) is 0 Å². The number of fused-ring (bicyclic) bond motifs is 1. The third-order valence-electron chi connectivity index (χ3n) is 3.98. The summed E-state index contributed by atoms with van der Waals surface area (Å²) in [5.74, 6) is 0.992. The van der Waals surface area contributed by atoms with Gasteiger partial charge in [0.25, 0.3) is 5.91 Å². The van der Waals surface area contributed by atoms with Gasteiger partial charge in [-0.15, -0.1) is 0 Å². The van der Waals surface area contributed by atoms with E-state index in [1.54, 1.807) is 30.5 Å². The number of rotatable bonds is 4. The second kappa shape index (κ2) is 7.13. The van der Waals surface area contributed by atoms with Gasteiger partial charge in [-0.05, 0) is 42.5 Å². The monoisotopic (exact) mass is 357 g/mol. The lowest BCUT2D eigenvalue weighted by Crippen LogP contribution is -2.14.